The van der Waals surface area contributed by atoms with E-state index in [9.17, 15) is 23.4 Å². The molecule has 26 heavy (non-hydrogen) atoms. The monoisotopic (exact) mass is 378 g/mol. The van der Waals surface area contributed by atoms with E-state index in [1.54, 1.807) is 4.90 Å². The van der Waals surface area contributed by atoms with Crippen molar-refractivity contribution in [2.45, 2.75) is 43.7 Å². The smallest absolute Gasteiger partial charge is 0.395 e. The minimum atomic E-state index is -4.40. The molecule has 0 spiro atoms. The summed E-state index contributed by atoms with van der Waals surface area (Å²) in [6, 6.07) is -0.00611. The van der Waals surface area contributed by atoms with E-state index in [0.717, 1.165) is 19.2 Å². The van der Waals surface area contributed by atoms with Crippen LogP contribution in [-0.4, -0.2) is 81.7 Å². The summed E-state index contributed by atoms with van der Waals surface area (Å²) in [5.41, 5.74) is -0.734. The molecule has 0 bridgehead atoms. The summed E-state index contributed by atoms with van der Waals surface area (Å²) < 4.78 is 37.8. The van der Waals surface area contributed by atoms with Gasteiger partial charge in [0.15, 0.2) is 5.69 Å². The van der Waals surface area contributed by atoms with Crippen LogP contribution in [0, 0.1) is 0 Å². The number of anilines is 1. The van der Waals surface area contributed by atoms with Crippen molar-refractivity contribution in [2.75, 3.05) is 38.2 Å². The van der Waals surface area contributed by atoms with Crippen LogP contribution in [0.4, 0.5) is 18.9 Å². The lowest BCUT2D eigenvalue weighted by atomic mass is 9.98. The summed E-state index contributed by atoms with van der Waals surface area (Å²) in [6.45, 7) is 1.78. The Hall–Kier alpha value is -1.49. The van der Waals surface area contributed by atoms with Crippen LogP contribution in [0.1, 0.15) is 25.0 Å². The third kappa shape index (κ3) is 5.26. The van der Waals surface area contributed by atoms with Gasteiger partial charge in [0, 0.05) is 25.7 Å². The molecule has 1 aromatic heterocycles. The lowest BCUT2D eigenvalue weighted by Gasteiger charge is -2.37. The van der Waals surface area contributed by atoms with Gasteiger partial charge < -0.3 is 20.2 Å². The Labute approximate surface area is 150 Å². The minimum Gasteiger partial charge on any atom is -0.395 e. The van der Waals surface area contributed by atoms with E-state index in [4.69, 9.17) is 5.11 Å². The number of alkyl halides is 3. The highest BCUT2D eigenvalue weighted by atomic mass is 19.4. The normalized spacial score (nSPS) is 27.2. The summed E-state index contributed by atoms with van der Waals surface area (Å²) in [6.07, 6.45) is -1.28. The number of halogens is 3. The number of β-amino-alcohol motifs (C(OH)–C–C–N with tert-alkyl or cyclic N) is 1. The highest BCUT2D eigenvalue weighted by molar-refractivity contribution is 5.50. The van der Waals surface area contributed by atoms with Gasteiger partial charge in [-0.15, -0.1) is 0 Å². The van der Waals surface area contributed by atoms with Crippen LogP contribution in [0.25, 0.3) is 0 Å². The van der Waals surface area contributed by atoms with Crippen molar-refractivity contribution in [2.24, 2.45) is 0 Å². The molecule has 2 fully saturated rings. The fourth-order valence-electron chi connectivity index (χ4n) is 3.13. The first-order chi connectivity index (χ1) is 12.2. The van der Waals surface area contributed by atoms with Crippen LogP contribution in [0.15, 0.2) is 12.5 Å². The van der Waals surface area contributed by atoms with Crippen molar-refractivity contribution in [3.63, 3.8) is 0 Å². The Morgan fingerprint density at radius 1 is 1.19 bits per heavy atom. The topological polar surface area (TPSA) is 93.0 Å². The molecule has 0 aromatic carbocycles. The predicted molar refractivity (Wildman–Crippen MR) is 88.6 cm³/mol. The molecule has 0 saturated carbocycles. The van der Waals surface area contributed by atoms with Crippen LogP contribution >= 0.6 is 0 Å². The zero-order valence-electron chi connectivity index (χ0n) is 14.6. The van der Waals surface area contributed by atoms with E-state index < -0.39 is 24.1 Å². The number of nitrogens with zero attached hydrogens (tertiary/aromatic N) is 4. The molecule has 3 heterocycles. The maximum absolute atomic E-state index is 12.6. The molecule has 1 aromatic rings. The van der Waals surface area contributed by atoms with E-state index in [0.29, 0.717) is 26.1 Å². The predicted octanol–water partition coefficient (Wildman–Crippen LogP) is 0.500. The number of likely N-dealkylation sites (tertiary alicyclic amines) is 1. The quantitative estimate of drug-likeness (QED) is 0.690. The summed E-state index contributed by atoms with van der Waals surface area (Å²) >= 11 is 0. The van der Waals surface area contributed by atoms with Gasteiger partial charge >= 0.3 is 6.18 Å². The highest BCUT2D eigenvalue weighted by Gasteiger charge is 2.37. The number of rotatable bonds is 2. The van der Waals surface area contributed by atoms with Gasteiger partial charge in [-0.2, -0.15) is 13.2 Å². The number of hydrogen-bond acceptors (Lipinski definition) is 7. The maximum Gasteiger partial charge on any atom is 0.435 e. The van der Waals surface area contributed by atoms with Gasteiger partial charge in [-0.1, -0.05) is 0 Å². The molecule has 3 rings (SSSR count). The number of likely N-dealkylation sites (N-methyl/N-ethyl adjacent to an activating group) is 1. The second kappa shape index (κ2) is 8.94. The van der Waals surface area contributed by atoms with Crippen molar-refractivity contribution < 1.29 is 28.5 Å². The lowest BCUT2D eigenvalue weighted by Crippen LogP contribution is -2.51. The maximum atomic E-state index is 12.6. The SMILES string of the molecule is CN1C[C@H](O)C(O)C[C@@H]1CO.FC(F)(F)c1ncncc1N1CCCC1. The van der Waals surface area contributed by atoms with E-state index in [1.165, 1.54) is 6.20 Å². The molecule has 2 aliphatic rings. The highest BCUT2D eigenvalue weighted by Crippen LogP contribution is 2.35. The first kappa shape index (κ1) is 20.8. The summed E-state index contributed by atoms with van der Waals surface area (Å²) in [5, 5.41) is 27.2. The lowest BCUT2D eigenvalue weighted by molar-refractivity contribution is -0.140. The largest absolute Gasteiger partial charge is 0.435 e. The van der Waals surface area contributed by atoms with Crippen molar-refractivity contribution in [1.29, 1.82) is 0 Å². The molecule has 3 N–H and O–H groups in total. The summed E-state index contributed by atoms with van der Waals surface area (Å²) in [7, 11) is 1.83. The fourth-order valence-corrected chi connectivity index (χ4v) is 3.13. The molecule has 148 valence electrons. The molecule has 1 unspecified atom stereocenters. The van der Waals surface area contributed by atoms with E-state index in [-0.39, 0.29) is 18.3 Å². The standard InChI is InChI=1S/C9H10F3N3.C7H15NO3/c10-9(11,12)8-7(5-13-6-14-8)15-3-1-2-4-15;1-8-3-7(11)6(10)2-5(8)4-9/h5-6H,1-4H2;5-7,9-11H,2-4H2,1H3/t;5-,6?,7+/m.1/s1. The van der Waals surface area contributed by atoms with Crippen LogP contribution in [0.3, 0.4) is 0 Å². The average Bonchev–Trinajstić information content (AvgIpc) is 3.12. The number of aliphatic hydroxyl groups is 3. The third-order valence-corrected chi connectivity index (χ3v) is 4.68. The second-order valence-corrected chi connectivity index (χ2v) is 6.59. The van der Waals surface area contributed by atoms with Crippen LogP contribution in [-0.2, 0) is 6.18 Å². The third-order valence-electron chi connectivity index (χ3n) is 4.68. The van der Waals surface area contributed by atoms with Crippen molar-refractivity contribution in [3.8, 4) is 0 Å². The van der Waals surface area contributed by atoms with Crippen molar-refractivity contribution in [1.82, 2.24) is 14.9 Å². The Morgan fingerprint density at radius 2 is 1.85 bits per heavy atom. The van der Waals surface area contributed by atoms with Crippen molar-refractivity contribution >= 4 is 5.69 Å². The fraction of sp³-hybridized carbons (Fsp3) is 0.750. The molecule has 0 radical (unpaired) electrons. The van der Waals surface area contributed by atoms with Gasteiger partial charge in [-0.25, -0.2) is 9.97 Å². The Kier molecular flexibility index (Phi) is 7.16. The number of hydrogen-bond donors (Lipinski definition) is 3. The Bertz CT molecular complexity index is 570. The van der Waals surface area contributed by atoms with Gasteiger partial charge in [0.05, 0.1) is 30.7 Å². The molecular weight excluding hydrogens is 353 g/mol. The molecule has 0 aliphatic carbocycles. The van der Waals surface area contributed by atoms with E-state index in [2.05, 4.69) is 9.97 Å². The minimum absolute atomic E-state index is 0.00611. The number of aliphatic hydroxyl groups excluding tert-OH is 3. The van der Waals surface area contributed by atoms with Gasteiger partial charge in [0.2, 0.25) is 0 Å². The van der Waals surface area contributed by atoms with Crippen LogP contribution in [0.5, 0.6) is 0 Å². The molecule has 2 saturated heterocycles. The Morgan fingerprint density at radius 3 is 2.42 bits per heavy atom. The van der Waals surface area contributed by atoms with E-state index in [1.807, 2.05) is 11.9 Å². The molecule has 7 nitrogen and oxygen atoms in total. The molecular formula is C16H25F3N4O3. The van der Waals surface area contributed by atoms with Gasteiger partial charge in [0.25, 0.3) is 0 Å². The van der Waals surface area contributed by atoms with Crippen LogP contribution in [0.2, 0.25) is 0 Å². The summed E-state index contributed by atoms with van der Waals surface area (Å²) in [5.74, 6) is 0. The average molecular weight is 378 g/mol. The molecule has 2 aliphatic heterocycles. The molecule has 0 amide bonds. The van der Waals surface area contributed by atoms with Gasteiger partial charge in [-0.05, 0) is 26.3 Å². The Balaban J connectivity index is 0.000000197. The zero-order valence-corrected chi connectivity index (χ0v) is 14.6. The van der Waals surface area contributed by atoms with Gasteiger partial charge in [0.1, 0.15) is 6.33 Å². The van der Waals surface area contributed by atoms with E-state index >= 15 is 0 Å². The van der Waals surface area contributed by atoms with Gasteiger partial charge in [-0.3, -0.25) is 4.90 Å². The molecule has 3 atom stereocenters. The second-order valence-electron chi connectivity index (χ2n) is 6.59. The zero-order chi connectivity index (χ0) is 19.3. The summed E-state index contributed by atoms with van der Waals surface area (Å²) in [4.78, 5) is 10.5. The first-order valence-corrected chi connectivity index (χ1v) is 8.53. The molecule has 10 heteroatoms. The van der Waals surface area contributed by atoms with Crippen LogP contribution < -0.4 is 4.90 Å². The number of piperidine rings is 1. The number of aromatic nitrogens is 2. The van der Waals surface area contributed by atoms with Crippen molar-refractivity contribution in [3.05, 3.63) is 18.2 Å². The first-order valence-electron chi connectivity index (χ1n) is 8.53.